The van der Waals surface area contributed by atoms with Gasteiger partial charge in [-0.1, -0.05) is 64.5 Å². The Morgan fingerprint density at radius 2 is 1.00 bits per heavy atom. The highest BCUT2D eigenvalue weighted by molar-refractivity contribution is 9.09. The normalized spacial score (nSPS) is 10.9. The molecule has 0 saturated heterocycles. The number of halogens is 1. The maximum absolute atomic E-state index is 9.57. The molecule has 0 atom stereocenters. The van der Waals surface area contributed by atoms with Crippen molar-refractivity contribution < 1.29 is 10.2 Å². The van der Waals surface area contributed by atoms with Gasteiger partial charge in [-0.2, -0.15) is 0 Å². The average molecular weight is 383 g/mol. The Bertz CT molecular complexity index is 732. The van der Waals surface area contributed by atoms with Gasteiger partial charge >= 0.3 is 0 Å². The molecule has 3 rings (SSSR count). The summed E-state index contributed by atoms with van der Waals surface area (Å²) in [4.78, 5) is 0. The van der Waals surface area contributed by atoms with E-state index in [1.807, 2.05) is 24.3 Å². The van der Waals surface area contributed by atoms with Gasteiger partial charge in [-0.25, -0.2) is 0 Å². The van der Waals surface area contributed by atoms with Crippen molar-refractivity contribution in [3.8, 4) is 11.5 Å². The molecule has 0 aromatic heterocycles. The van der Waals surface area contributed by atoms with E-state index in [0.29, 0.717) is 0 Å². The molecule has 0 aliphatic heterocycles. The molecule has 0 radical (unpaired) electrons. The predicted molar refractivity (Wildman–Crippen MR) is 101 cm³/mol. The Hall–Kier alpha value is -2.26. The van der Waals surface area contributed by atoms with E-state index in [1.54, 1.807) is 24.3 Å². The van der Waals surface area contributed by atoms with E-state index in [9.17, 15) is 10.2 Å². The molecule has 2 N–H and O–H groups in total. The van der Waals surface area contributed by atoms with Crippen molar-refractivity contribution in [2.24, 2.45) is 0 Å². The van der Waals surface area contributed by atoms with E-state index < -0.39 is 0 Å². The van der Waals surface area contributed by atoms with Gasteiger partial charge in [0.25, 0.3) is 0 Å². The number of phenolic OH excluding ortho intramolecular Hbond substituents is 2. The van der Waals surface area contributed by atoms with Gasteiger partial charge in [0, 0.05) is 11.2 Å². The van der Waals surface area contributed by atoms with E-state index in [4.69, 9.17) is 0 Å². The molecular formula is C21H19BrO2. The number of hydrogen-bond acceptors (Lipinski definition) is 2. The molecule has 3 heteroatoms. The van der Waals surface area contributed by atoms with Crippen molar-refractivity contribution in [1.82, 2.24) is 0 Å². The second kappa shape index (κ2) is 7.54. The van der Waals surface area contributed by atoms with Crippen molar-refractivity contribution in [1.29, 1.82) is 0 Å². The first kappa shape index (κ1) is 16.6. The highest BCUT2D eigenvalue weighted by Crippen LogP contribution is 2.33. The molecule has 0 fully saturated rings. The standard InChI is InChI=1S/C21H19BrO2/c22-14-13-15-1-3-16(4-2-15)21(17-5-9-19(23)10-6-17)18-7-11-20(24)12-8-18/h1-12,21,23-24H,13-14H2. The predicted octanol–water partition coefficient (Wildman–Crippen LogP) is 5.22. The van der Waals surface area contributed by atoms with Crippen molar-refractivity contribution >= 4 is 15.9 Å². The van der Waals surface area contributed by atoms with Crippen LogP contribution >= 0.6 is 15.9 Å². The van der Waals surface area contributed by atoms with Crippen LogP contribution in [0.5, 0.6) is 11.5 Å². The van der Waals surface area contributed by atoms with E-state index in [2.05, 4.69) is 40.2 Å². The van der Waals surface area contributed by atoms with Crippen LogP contribution in [0.2, 0.25) is 0 Å². The Labute approximate surface area is 150 Å². The van der Waals surface area contributed by atoms with Crippen LogP contribution in [0.1, 0.15) is 28.2 Å². The monoisotopic (exact) mass is 382 g/mol. The van der Waals surface area contributed by atoms with Crippen LogP contribution in [-0.4, -0.2) is 15.5 Å². The Balaban J connectivity index is 2.04. The van der Waals surface area contributed by atoms with Gasteiger partial charge in [0.1, 0.15) is 11.5 Å². The van der Waals surface area contributed by atoms with E-state index in [1.165, 1.54) is 11.1 Å². The molecule has 24 heavy (non-hydrogen) atoms. The van der Waals surface area contributed by atoms with Gasteiger partial charge in [-0.05, 0) is 52.9 Å². The minimum atomic E-state index is 0.0595. The second-order valence-corrected chi connectivity index (χ2v) is 6.59. The van der Waals surface area contributed by atoms with Crippen LogP contribution in [0.4, 0.5) is 0 Å². The summed E-state index contributed by atoms with van der Waals surface area (Å²) in [6.07, 6.45) is 1.00. The first-order chi connectivity index (χ1) is 11.7. The molecular weight excluding hydrogens is 364 g/mol. The maximum atomic E-state index is 9.57. The van der Waals surface area contributed by atoms with Crippen LogP contribution in [-0.2, 0) is 6.42 Å². The molecule has 0 amide bonds. The molecule has 0 saturated carbocycles. The first-order valence-corrected chi connectivity index (χ1v) is 9.02. The number of benzene rings is 3. The van der Waals surface area contributed by atoms with Gasteiger partial charge in [-0.3, -0.25) is 0 Å². The number of aromatic hydroxyl groups is 2. The zero-order valence-electron chi connectivity index (χ0n) is 13.2. The van der Waals surface area contributed by atoms with Crippen LogP contribution in [0.3, 0.4) is 0 Å². The quantitative estimate of drug-likeness (QED) is 0.469. The Kier molecular flexibility index (Phi) is 5.21. The third-order valence-corrected chi connectivity index (χ3v) is 4.55. The van der Waals surface area contributed by atoms with E-state index in [-0.39, 0.29) is 17.4 Å². The third-order valence-electron chi connectivity index (χ3n) is 4.15. The fourth-order valence-corrected chi connectivity index (χ4v) is 3.35. The van der Waals surface area contributed by atoms with Gasteiger partial charge in [0.2, 0.25) is 0 Å². The zero-order valence-corrected chi connectivity index (χ0v) is 14.8. The minimum Gasteiger partial charge on any atom is -0.508 e. The highest BCUT2D eigenvalue weighted by Gasteiger charge is 2.17. The van der Waals surface area contributed by atoms with Gasteiger partial charge in [0.05, 0.1) is 0 Å². The molecule has 2 nitrogen and oxygen atoms in total. The summed E-state index contributed by atoms with van der Waals surface area (Å²) in [5.74, 6) is 0.580. The van der Waals surface area contributed by atoms with E-state index in [0.717, 1.165) is 22.9 Å². The fourth-order valence-electron chi connectivity index (χ4n) is 2.90. The number of alkyl halides is 1. The Morgan fingerprint density at radius 1 is 0.625 bits per heavy atom. The van der Waals surface area contributed by atoms with Crippen LogP contribution in [0, 0.1) is 0 Å². The maximum Gasteiger partial charge on any atom is 0.115 e. The molecule has 0 spiro atoms. The minimum absolute atomic E-state index is 0.0595. The lowest BCUT2D eigenvalue weighted by Crippen LogP contribution is -2.03. The molecule has 0 bridgehead atoms. The summed E-state index contributed by atoms with van der Waals surface area (Å²) >= 11 is 3.47. The van der Waals surface area contributed by atoms with Gasteiger partial charge in [0.15, 0.2) is 0 Å². The summed E-state index contributed by atoms with van der Waals surface area (Å²) in [5, 5.41) is 20.1. The number of rotatable bonds is 5. The van der Waals surface area contributed by atoms with Crippen molar-refractivity contribution in [2.75, 3.05) is 5.33 Å². The summed E-state index contributed by atoms with van der Waals surface area (Å²) in [7, 11) is 0. The smallest absolute Gasteiger partial charge is 0.115 e. The van der Waals surface area contributed by atoms with Gasteiger partial charge in [-0.15, -0.1) is 0 Å². The first-order valence-electron chi connectivity index (χ1n) is 7.90. The van der Waals surface area contributed by atoms with Crippen molar-refractivity contribution in [2.45, 2.75) is 12.3 Å². The fraction of sp³-hybridized carbons (Fsp3) is 0.143. The summed E-state index contributed by atoms with van der Waals surface area (Å²) in [6, 6.07) is 23.2. The number of phenols is 2. The largest absolute Gasteiger partial charge is 0.508 e. The third kappa shape index (κ3) is 3.80. The average Bonchev–Trinajstić information content (AvgIpc) is 2.60. The summed E-state index contributed by atoms with van der Waals surface area (Å²) in [6.45, 7) is 0. The molecule has 0 unspecified atom stereocenters. The molecule has 3 aromatic carbocycles. The lowest BCUT2D eigenvalue weighted by Gasteiger charge is -2.19. The van der Waals surface area contributed by atoms with Crippen LogP contribution in [0.25, 0.3) is 0 Å². The van der Waals surface area contributed by atoms with Crippen LogP contribution < -0.4 is 0 Å². The topological polar surface area (TPSA) is 40.5 Å². The summed E-state index contributed by atoms with van der Waals surface area (Å²) in [5.41, 5.74) is 4.69. The molecule has 0 aliphatic carbocycles. The second-order valence-electron chi connectivity index (χ2n) is 5.80. The number of aryl methyl sites for hydroxylation is 1. The lowest BCUT2D eigenvalue weighted by atomic mass is 9.85. The van der Waals surface area contributed by atoms with Crippen LogP contribution in [0.15, 0.2) is 72.8 Å². The van der Waals surface area contributed by atoms with Crippen molar-refractivity contribution in [3.63, 3.8) is 0 Å². The Morgan fingerprint density at radius 3 is 1.38 bits per heavy atom. The lowest BCUT2D eigenvalue weighted by molar-refractivity contribution is 0.475. The molecule has 0 aliphatic rings. The van der Waals surface area contributed by atoms with Crippen molar-refractivity contribution in [3.05, 3.63) is 95.1 Å². The molecule has 0 heterocycles. The molecule has 3 aromatic rings. The summed E-state index contributed by atoms with van der Waals surface area (Å²) < 4.78 is 0. The molecule has 122 valence electrons. The van der Waals surface area contributed by atoms with Gasteiger partial charge < -0.3 is 10.2 Å². The highest BCUT2D eigenvalue weighted by atomic mass is 79.9. The zero-order chi connectivity index (χ0) is 16.9. The SMILES string of the molecule is Oc1ccc(C(c2ccc(O)cc2)c2ccc(CCBr)cc2)cc1. The number of hydrogen-bond donors (Lipinski definition) is 2. The van der Waals surface area contributed by atoms with E-state index >= 15 is 0 Å².